The van der Waals surface area contributed by atoms with Gasteiger partial charge in [-0.1, -0.05) is 18.2 Å². The summed E-state index contributed by atoms with van der Waals surface area (Å²) < 4.78 is 54.4. The van der Waals surface area contributed by atoms with E-state index in [4.69, 9.17) is 9.47 Å². The number of carbonyl (C=O) groups excluding carboxylic acids is 1. The number of imidazole rings is 1. The van der Waals surface area contributed by atoms with Gasteiger partial charge in [0.05, 0.1) is 25.3 Å². The second-order valence-corrected chi connectivity index (χ2v) is 9.45. The van der Waals surface area contributed by atoms with Crippen LogP contribution in [0.4, 0.5) is 18.0 Å². The normalized spacial score (nSPS) is 16.7. The lowest BCUT2D eigenvalue weighted by molar-refractivity contribution is -0.138. The third-order valence-electron chi connectivity index (χ3n) is 5.85. The van der Waals surface area contributed by atoms with E-state index >= 15 is 0 Å². The number of aromatic nitrogens is 3. The Kier molecular flexibility index (Phi) is 6.29. The number of pyridine rings is 1. The highest BCUT2D eigenvalue weighted by atomic mass is 19.4. The van der Waals surface area contributed by atoms with E-state index in [1.54, 1.807) is 26.8 Å². The first-order chi connectivity index (χ1) is 16.4. The van der Waals surface area contributed by atoms with Crippen molar-refractivity contribution < 1.29 is 27.4 Å². The average Bonchev–Trinajstić information content (AvgIpc) is 3.35. The molecule has 0 aliphatic carbocycles. The van der Waals surface area contributed by atoms with Crippen LogP contribution in [0.15, 0.2) is 41.3 Å². The lowest BCUT2D eigenvalue weighted by atomic mass is 10.1. The van der Waals surface area contributed by atoms with Gasteiger partial charge in [0, 0.05) is 25.4 Å². The third kappa shape index (κ3) is 4.85. The van der Waals surface area contributed by atoms with Crippen LogP contribution < -0.4 is 10.4 Å². The number of methoxy groups -OCH3 is 1. The van der Waals surface area contributed by atoms with Crippen LogP contribution >= 0.6 is 0 Å². The van der Waals surface area contributed by atoms with Crippen molar-refractivity contribution in [2.75, 3.05) is 20.2 Å². The minimum Gasteiger partial charge on any atom is -0.494 e. The van der Waals surface area contributed by atoms with E-state index in [1.165, 1.54) is 45.5 Å². The number of hydrogen-bond acceptors (Lipinski definition) is 5. The molecule has 11 heteroatoms. The van der Waals surface area contributed by atoms with Crippen molar-refractivity contribution in [2.24, 2.45) is 0 Å². The molecule has 3 heterocycles. The van der Waals surface area contributed by atoms with E-state index in [0.717, 1.165) is 6.07 Å². The average molecular weight is 492 g/mol. The van der Waals surface area contributed by atoms with Gasteiger partial charge in [-0.3, -0.25) is 9.13 Å². The molecule has 1 atom stereocenters. The number of ether oxygens (including phenoxy) is 2. The molecule has 0 spiro atoms. The Balaban J connectivity index is 1.78. The van der Waals surface area contributed by atoms with Crippen LogP contribution in [0.2, 0.25) is 0 Å². The van der Waals surface area contributed by atoms with Crippen molar-refractivity contribution in [3.63, 3.8) is 0 Å². The van der Waals surface area contributed by atoms with Crippen molar-refractivity contribution in [1.82, 2.24) is 19.0 Å². The smallest absolute Gasteiger partial charge is 0.416 e. The Morgan fingerprint density at radius 2 is 1.89 bits per heavy atom. The molecule has 1 aromatic carbocycles. The van der Waals surface area contributed by atoms with Gasteiger partial charge in [0.2, 0.25) is 0 Å². The van der Waals surface area contributed by atoms with Crippen LogP contribution in [0.3, 0.4) is 0 Å². The molecule has 0 N–H and O–H groups in total. The number of carbonyl (C=O) groups is 1. The molecule has 1 aliphatic rings. The molecule has 35 heavy (non-hydrogen) atoms. The standard InChI is InChI=1S/C24H27F3N4O4/c1-23(2,3)35-22(33)29-12-10-16(14-29)31-20-19(18(34-4)9-11-28-20)30(21(31)32)13-15-7-5-6-8-17(15)24(25,26)27/h5-9,11,16H,10,12-14H2,1-4H3. The van der Waals surface area contributed by atoms with Crippen molar-refractivity contribution >= 4 is 17.3 Å². The van der Waals surface area contributed by atoms with Crippen molar-refractivity contribution in [2.45, 2.75) is 51.6 Å². The number of halogens is 3. The van der Waals surface area contributed by atoms with Gasteiger partial charge in [0.25, 0.3) is 0 Å². The van der Waals surface area contributed by atoms with E-state index in [0.29, 0.717) is 24.2 Å². The highest BCUT2D eigenvalue weighted by molar-refractivity contribution is 5.79. The zero-order valence-electron chi connectivity index (χ0n) is 19.9. The quantitative estimate of drug-likeness (QED) is 0.538. The minimum absolute atomic E-state index is 0.0474. The van der Waals surface area contributed by atoms with Crippen LogP contribution in [0.5, 0.6) is 5.75 Å². The second kappa shape index (κ2) is 8.94. The summed E-state index contributed by atoms with van der Waals surface area (Å²) in [5.74, 6) is 0.317. The van der Waals surface area contributed by atoms with E-state index in [1.807, 2.05) is 0 Å². The Morgan fingerprint density at radius 1 is 1.17 bits per heavy atom. The lowest BCUT2D eigenvalue weighted by Crippen LogP contribution is -2.36. The maximum absolute atomic E-state index is 13.6. The fraction of sp³-hybridized carbons (Fsp3) is 0.458. The van der Waals surface area contributed by atoms with Gasteiger partial charge in [-0.15, -0.1) is 0 Å². The van der Waals surface area contributed by atoms with Gasteiger partial charge < -0.3 is 14.4 Å². The summed E-state index contributed by atoms with van der Waals surface area (Å²) in [5.41, 5.74) is -1.46. The number of amides is 1. The first-order valence-electron chi connectivity index (χ1n) is 11.2. The number of nitrogens with zero attached hydrogens (tertiary/aromatic N) is 4. The minimum atomic E-state index is -4.57. The van der Waals surface area contributed by atoms with Crippen molar-refractivity contribution in [3.05, 3.63) is 58.1 Å². The Labute approximate surface area is 199 Å². The summed E-state index contributed by atoms with van der Waals surface area (Å²) in [7, 11) is 1.42. The molecule has 0 bridgehead atoms. The Bertz CT molecular complexity index is 1310. The molecule has 4 rings (SSSR count). The predicted octanol–water partition coefficient (Wildman–Crippen LogP) is 4.46. The first-order valence-corrected chi connectivity index (χ1v) is 11.2. The largest absolute Gasteiger partial charge is 0.494 e. The summed E-state index contributed by atoms with van der Waals surface area (Å²) in [4.78, 5) is 32.0. The number of likely N-dealkylation sites (tertiary alicyclic amines) is 1. The molecule has 188 valence electrons. The molecular weight excluding hydrogens is 465 g/mol. The topological polar surface area (TPSA) is 78.6 Å². The highest BCUT2D eigenvalue weighted by Crippen LogP contribution is 2.34. The van der Waals surface area contributed by atoms with E-state index < -0.39 is 35.2 Å². The zero-order valence-corrected chi connectivity index (χ0v) is 19.9. The van der Waals surface area contributed by atoms with Crippen molar-refractivity contribution in [1.29, 1.82) is 0 Å². The zero-order chi connectivity index (χ0) is 25.5. The number of alkyl halides is 3. The number of rotatable bonds is 4. The van der Waals surface area contributed by atoms with Crippen LogP contribution in [0, 0.1) is 0 Å². The maximum Gasteiger partial charge on any atom is 0.416 e. The van der Waals surface area contributed by atoms with Gasteiger partial charge in [0.15, 0.2) is 5.65 Å². The maximum atomic E-state index is 13.6. The molecule has 0 radical (unpaired) electrons. The van der Waals surface area contributed by atoms with Gasteiger partial charge in [-0.2, -0.15) is 13.2 Å². The van der Waals surface area contributed by atoms with Crippen LogP contribution in [0.1, 0.15) is 44.4 Å². The summed E-state index contributed by atoms with van der Waals surface area (Å²) in [6, 6.07) is 6.28. The van der Waals surface area contributed by atoms with Crippen molar-refractivity contribution in [3.8, 4) is 5.75 Å². The molecule has 2 aromatic heterocycles. The third-order valence-corrected chi connectivity index (χ3v) is 5.85. The molecule has 1 amide bonds. The summed E-state index contributed by atoms with van der Waals surface area (Å²) in [6.07, 6.45) is -3.11. The second-order valence-electron chi connectivity index (χ2n) is 9.45. The monoisotopic (exact) mass is 492 g/mol. The van der Waals surface area contributed by atoms with E-state index in [2.05, 4.69) is 4.98 Å². The van der Waals surface area contributed by atoms with Gasteiger partial charge in [0.1, 0.15) is 16.9 Å². The van der Waals surface area contributed by atoms with Crippen LogP contribution in [-0.4, -0.2) is 50.9 Å². The van der Waals surface area contributed by atoms with Gasteiger partial charge >= 0.3 is 18.0 Å². The molecule has 1 saturated heterocycles. The molecule has 0 saturated carbocycles. The molecule has 1 aliphatic heterocycles. The van der Waals surface area contributed by atoms with E-state index in [-0.39, 0.29) is 24.3 Å². The number of benzene rings is 1. The van der Waals surface area contributed by atoms with Crippen LogP contribution in [-0.2, 0) is 17.5 Å². The first kappa shape index (κ1) is 24.6. The number of hydrogen-bond donors (Lipinski definition) is 0. The summed E-state index contributed by atoms with van der Waals surface area (Å²) in [5, 5.41) is 0. The fourth-order valence-electron chi connectivity index (χ4n) is 4.36. The molecular formula is C24H27F3N4O4. The van der Waals surface area contributed by atoms with Crippen LogP contribution in [0.25, 0.3) is 11.2 Å². The highest BCUT2D eigenvalue weighted by Gasteiger charge is 2.35. The summed E-state index contributed by atoms with van der Waals surface area (Å²) in [6.45, 7) is 5.58. The Hall–Kier alpha value is -3.50. The number of fused-ring (bicyclic) bond motifs is 1. The predicted molar refractivity (Wildman–Crippen MR) is 123 cm³/mol. The summed E-state index contributed by atoms with van der Waals surface area (Å²) >= 11 is 0. The lowest BCUT2D eigenvalue weighted by Gasteiger charge is -2.24. The molecule has 3 aromatic rings. The van der Waals surface area contributed by atoms with Gasteiger partial charge in [-0.25, -0.2) is 14.6 Å². The van der Waals surface area contributed by atoms with Gasteiger partial charge in [-0.05, 0) is 38.8 Å². The molecule has 1 fully saturated rings. The SMILES string of the molecule is COc1ccnc2c1n(Cc1ccccc1C(F)(F)F)c(=O)n2C1CCN(C(=O)OC(C)(C)C)C1. The van der Waals surface area contributed by atoms with E-state index in [9.17, 15) is 22.8 Å². The molecule has 1 unspecified atom stereocenters. The fourth-order valence-corrected chi connectivity index (χ4v) is 4.36. The molecule has 8 nitrogen and oxygen atoms in total. The Morgan fingerprint density at radius 3 is 2.54 bits per heavy atom.